The summed E-state index contributed by atoms with van der Waals surface area (Å²) >= 11 is 0. The summed E-state index contributed by atoms with van der Waals surface area (Å²) in [6.07, 6.45) is -0.593. The Kier molecular flexibility index (Phi) is 15.0. The van der Waals surface area contributed by atoms with Crippen molar-refractivity contribution in [3.63, 3.8) is 0 Å². The highest BCUT2D eigenvalue weighted by atomic mass is 32.1. The summed E-state index contributed by atoms with van der Waals surface area (Å²) in [6.45, 7) is 0. The second kappa shape index (κ2) is 9.06. The SMILES string of the molecule is O=C(O)CCC(=O)O.S.[MgH2]. The molecule has 0 atom stereocenters. The molecule has 0 rings (SSSR count). The first kappa shape index (κ1) is 16.6. The molecule has 0 aliphatic rings. The summed E-state index contributed by atoms with van der Waals surface area (Å²) in [5.41, 5.74) is 0. The molecule has 0 radical (unpaired) electrons. The van der Waals surface area contributed by atoms with Gasteiger partial charge in [-0.1, -0.05) is 0 Å². The van der Waals surface area contributed by atoms with Gasteiger partial charge in [-0.3, -0.25) is 9.59 Å². The van der Waals surface area contributed by atoms with Crippen LogP contribution >= 0.6 is 13.5 Å². The maximum Gasteiger partial charge on any atom is 0.316 e. The smallest absolute Gasteiger partial charge is 0.316 e. The van der Waals surface area contributed by atoms with Gasteiger partial charge in [0.2, 0.25) is 0 Å². The first-order valence-electron chi connectivity index (χ1n) is 2.06. The molecular weight excluding hydrogens is 168 g/mol. The summed E-state index contributed by atoms with van der Waals surface area (Å²) in [5.74, 6) is -2.15. The molecule has 0 aromatic heterocycles. The molecule has 0 aliphatic carbocycles. The number of carboxylic acids is 2. The fourth-order valence-corrected chi connectivity index (χ4v) is 0.214. The molecule has 58 valence electrons. The summed E-state index contributed by atoms with van der Waals surface area (Å²) in [6, 6.07) is 0. The summed E-state index contributed by atoms with van der Waals surface area (Å²) < 4.78 is 0. The molecule has 6 heteroatoms. The molecule has 0 aliphatic heterocycles. The van der Waals surface area contributed by atoms with E-state index in [1.54, 1.807) is 0 Å². The van der Waals surface area contributed by atoms with Crippen molar-refractivity contribution in [1.29, 1.82) is 0 Å². The lowest BCUT2D eigenvalue weighted by molar-refractivity contribution is -0.143. The Bertz CT molecular complexity index is 102. The Hall–Kier alpha value is 0.0562. The standard InChI is InChI=1S/C4H6O4.Mg.H2S.2H/c5-3(6)1-2-4(7)8;;;;/h1-2H2,(H,5,6)(H,7,8);;1H2;;. The van der Waals surface area contributed by atoms with Gasteiger partial charge in [0.25, 0.3) is 0 Å². The second-order valence-electron chi connectivity index (χ2n) is 1.29. The van der Waals surface area contributed by atoms with Crippen LogP contribution in [0.2, 0.25) is 0 Å². The molecule has 0 unspecified atom stereocenters. The van der Waals surface area contributed by atoms with Crippen LogP contribution in [-0.4, -0.2) is 45.2 Å². The van der Waals surface area contributed by atoms with Gasteiger partial charge in [-0.25, -0.2) is 0 Å². The summed E-state index contributed by atoms with van der Waals surface area (Å²) in [7, 11) is 0. The van der Waals surface area contributed by atoms with Crippen LogP contribution in [0.5, 0.6) is 0 Å². The fraction of sp³-hybridized carbons (Fsp3) is 0.500. The Balaban J connectivity index is -0.000000245. The van der Waals surface area contributed by atoms with Gasteiger partial charge in [0.05, 0.1) is 12.8 Å². The van der Waals surface area contributed by atoms with E-state index in [-0.39, 0.29) is 49.4 Å². The summed E-state index contributed by atoms with van der Waals surface area (Å²) in [4.78, 5) is 19.3. The third kappa shape index (κ3) is 15.7. The highest BCUT2D eigenvalue weighted by Gasteiger charge is 2.00. The van der Waals surface area contributed by atoms with E-state index in [4.69, 9.17) is 10.2 Å². The Morgan fingerprint density at radius 2 is 1.20 bits per heavy atom. The van der Waals surface area contributed by atoms with Crippen molar-refractivity contribution in [3.8, 4) is 0 Å². The minimum Gasteiger partial charge on any atom is -0.481 e. The Morgan fingerprint density at radius 3 is 1.30 bits per heavy atom. The Morgan fingerprint density at radius 1 is 1.00 bits per heavy atom. The monoisotopic (exact) mass is 178 g/mol. The Labute approximate surface area is 81.2 Å². The zero-order chi connectivity index (χ0) is 6.57. The highest BCUT2D eigenvalue weighted by molar-refractivity contribution is 7.59. The third-order valence-electron chi connectivity index (χ3n) is 0.553. The number of carboxylic acid groups (broad SMARTS) is 2. The van der Waals surface area contributed by atoms with Gasteiger partial charge >= 0.3 is 35.0 Å². The van der Waals surface area contributed by atoms with Crippen molar-refractivity contribution in [1.82, 2.24) is 0 Å². The third-order valence-corrected chi connectivity index (χ3v) is 0.553. The molecule has 0 fully saturated rings. The van der Waals surface area contributed by atoms with E-state index in [1.165, 1.54) is 0 Å². The van der Waals surface area contributed by atoms with Crippen molar-refractivity contribution in [2.75, 3.05) is 0 Å². The highest BCUT2D eigenvalue weighted by Crippen LogP contribution is 1.85. The van der Waals surface area contributed by atoms with Crippen LogP contribution in [0, 0.1) is 0 Å². The second-order valence-corrected chi connectivity index (χ2v) is 1.29. The van der Waals surface area contributed by atoms with E-state index >= 15 is 0 Å². The van der Waals surface area contributed by atoms with Gasteiger partial charge in [-0.2, -0.15) is 13.5 Å². The molecule has 0 bridgehead atoms. The molecule has 4 nitrogen and oxygen atoms in total. The molecule has 0 aromatic carbocycles. The van der Waals surface area contributed by atoms with E-state index in [0.29, 0.717) is 0 Å². The number of carbonyl (C=O) groups is 2. The van der Waals surface area contributed by atoms with Crippen LogP contribution in [0.4, 0.5) is 0 Å². The average molecular weight is 178 g/mol. The van der Waals surface area contributed by atoms with Gasteiger partial charge in [0.15, 0.2) is 0 Å². The number of aliphatic carboxylic acids is 2. The maximum atomic E-state index is 9.64. The molecule has 0 heterocycles. The predicted octanol–water partition coefficient (Wildman–Crippen LogP) is -0.868. The quantitative estimate of drug-likeness (QED) is 0.551. The van der Waals surface area contributed by atoms with Crippen LogP contribution in [0.15, 0.2) is 0 Å². The van der Waals surface area contributed by atoms with E-state index in [9.17, 15) is 9.59 Å². The molecule has 0 spiro atoms. The van der Waals surface area contributed by atoms with E-state index in [0.717, 1.165) is 0 Å². The molecular formula is C4H10MgO4S. The topological polar surface area (TPSA) is 74.6 Å². The van der Waals surface area contributed by atoms with Gasteiger partial charge in [0.1, 0.15) is 0 Å². The van der Waals surface area contributed by atoms with Crippen molar-refractivity contribution in [2.45, 2.75) is 12.8 Å². The lowest BCUT2D eigenvalue weighted by Gasteiger charge is -1.85. The normalized spacial score (nSPS) is 6.80. The van der Waals surface area contributed by atoms with Crippen LogP contribution in [0.3, 0.4) is 0 Å². The summed E-state index contributed by atoms with van der Waals surface area (Å²) in [5, 5.41) is 15.8. The molecule has 0 amide bonds. The van der Waals surface area contributed by atoms with Crippen LogP contribution in [0.25, 0.3) is 0 Å². The largest absolute Gasteiger partial charge is 0.481 e. The first-order valence-corrected chi connectivity index (χ1v) is 2.06. The van der Waals surface area contributed by atoms with Crippen molar-refractivity contribution >= 4 is 48.5 Å². The molecule has 10 heavy (non-hydrogen) atoms. The lowest BCUT2D eigenvalue weighted by atomic mass is 10.3. The number of hydrogen-bond donors (Lipinski definition) is 2. The zero-order valence-corrected chi connectivity index (χ0v) is 5.63. The number of rotatable bonds is 3. The maximum absolute atomic E-state index is 9.64. The lowest BCUT2D eigenvalue weighted by Crippen LogP contribution is -2.00. The van der Waals surface area contributed by atoms with Crippen molar-refractivity contribution in [3.05, 3.63) is 0 Å². The van der Waals surface area contributed by atoms with E-state index in [1.807, 2.05) is 0 Å². The molecule has 0 saturated heterocycles. The van der Waals surface area contributed by atoms with Crippen LogP contribution in [0.1, 0.15) is 12.8 Å². The van der Waals surface area contributed by atoms with E-state index < -0.39 is 11.9 Å². The first-order chi connectivity index (χ1) is 3.63. The zero-order valence-electron chi connectivity index (χ0n) is 4.63. The average Bonchev–Trinajstić information content (AvgIpc) is 1.61. The molecule has 0 aromatic rings. The minimum absolute atomic E-state index is 0. The number of hydrogen-bond acceptors (Lipinski definition) is 2. The van der Waals surface area contributed by atoms with Crippen LogP contribution < -0.4 is 0 Å². The van der Waals surface area contributed by atoms with E-state index in [2.05, 4.69) is 0 Å². The van der Waals surface area contributed by atoms with Crippen molar-refractivity contribution in [2.24, 2.45) is 0 Å². The van der Waals surface area contributed by atoms with Gasteiger partial charge in [-0.05, 0) is 0 Å². The van der Waals surface area contributed by atoms with Gasteiger partial charge in [-0.15, -0.1) is 0 Å². The van der Waals surface area contributed by atoms with Gasteiger partial charge < -0.3 is 10.2 Å². The van der Waals surface area contributed by atoms with Crippen molar-refractivity contribution < 1.29 is 19.8 Å². The minimum atomic E-state index is -1.08. The predicted molar refractivity (Wildman–Crippen MR) is 43.4 cm³/mol. The molecule has 2 N–H and O–H groups in total. The fourth-order valence-electron chi connectivity index (χ4n) is 0.214. The van der Waals surface area contributed by atoms with Gasteiger partial charge in [0, 0.05) is 0 Å². The molecule has 0 saturated carbocycles. The van der Waals surface area contributed by atoms with Crippen LogP contribution in [-0.2, 0) is 9.59 Å².